The first-order valence-electron chi connectivity index (χ1n) is 5.73. The predicted octanol–water partition coefficient (Wildman–Crippen LogP) is 2.33. The lowest BCUT2D eigenvalue weighted by molar-refractivity contribution is 1.04. The van der Waals surface area contributed by atoms with Gasteiger partial charge in [0.15, 0.2) is 0 Å². The molecule has 94 valence electrons. The first kappa shape index (κ1) is 12.2. The Balaban J connectivity index is 2.20. The van der Waals surface area contributed by atoms with Gasteiger partial charge in [0.25, 0.3) is 0 Å². The molecule has 0 saturated heterocycles. The number of hydrogen-bond donors (Lipinski definition) is 2. The molecule has 0 radical (unpaired) electrons. The highest BCUT2D eigenvalue weighted by Gasteiger charge is 2.01. The van der Waals surface area contributed by atoms with E-state index < -0.39 is 0 Å². The molecule has 2 N–H and O–H groups in total. The summed E-state index contributed by atoms with van der Waals surface area (Å²) in [5.41, 5.74) is 2.05. The van der Waals surface area contributed by atoms with Crippen molar-refractivity contribution in [3.63, 3.8) is 0 Å². The van der Waals surface area contributed by atoms with Crippen LogP contribution in [0, 0.1) is 0 Å². The molecule has 0 fully saturated rings. The molecule has 1 heterocycles. The van der Waals surface area contributed by atoms with Crippen molar-refractivity contribution in [2.24, 2.45) is 0 Å². The maximum absolute atomic E-state index is 4.20. The van der Waals surface area contributed by atoms with Crippen LogP contribution in [0.1, 0.15) is 0 Å². The maximum atomic E-state index is 4.20. The summed E-state index contributed by atoms with van der Waals surface area (Å²) in [7, 11) is 5.80. The first-order valence-corrected chi connectivity index (χ1v) is 5.73. The van der Waals surface area contributed by atoms with Gasteiger partial charge in [-0.25, -0.2) is 9.97 Å². The third-order valence-electron chi connectivity index (χ3n) is 2.53. The fraction of sp³-hybridized carbons (Fsp3) is 0.231. The van der Waals surface area contributed by atoms with E-state index in [1.165, 1.54) is 0 Å². The fourth-order valence-corrected chi connectivity index (χ4v) is 1.56. The number of hydrogen-bond acceptors (Lipinski definition) is 5. The van der Waals surface area contributed by atoms with Crippen LogP contribution in [0.25, 0.3) is 0 Å². The monoisotopic (exact) mass is 243 g/mol. The van der Waals surface area contributed by atoms with E-state index in [1.807, 2.05) is 56.4 Å². The van der Waals surface area contributed by atoms with Gasteiger partial charge in [-0.1, -0.05) is 6.07 Å². The molecule has 0 aliphatic rings. The highest BCUT2D eigenvalue weighted by Crippen LogP contribution is 2.20. The molecule has 0 aliphatic heterocycles. The molecule has 0 amide bonds. The van der Waals surface area contributed by atoms with Crippen molar-refractivity contribution in [1.82, 2.24) is 9.97 Å². The highest BCUT2D eigenvalue weighted by atomic mass is 15.2. The van der Waals surface area contributed by atoms with Gasteiger partial charge in [-0.3, -0.25) is 0 Å². The second-order valence-electron chi connectivity index (χ2n) is 4.11. The van der Waals surface area contributed by atoms with E-state index in [9.17, 15) is 0 Å². The molecule has 2 rings (SSSR count). The molecule has 0 bridgehead atoms. The number of anilines is 4. The average Bonchev–Trinajstić information content (AvgIpc) is 2.39. The minimum Gasteiger partial charge on any atom is -0.388 e. The minimum atomic E-state index is 0.780. The lowest BCUT2D eigenvalue weighted by Crippen LogP contribution is -2.11. The lowest BCUT2D eigenvalue weighted by Gasteiger charge is -2.12. The number of aromatic nitrogens is 2. The van der Waals surface area contributed by atoms with Gasteiger partial charge >= 0.3 is 0 Å². The molecule has 0 atom stereocenters. The first-order chi connectivity index (χ1) is 8.69. The molecule has 5 nitrogen and oxygen atoms in total. The quantitative estimate of drug-likeness (QED) is 0.863. The Hall–Kier alpha value is -2.30. The van der Waals surface area contributed by atoms with Crippen LogP contribution in [0.4, 0.5) is 23.0 Å². The topological polar surface area (TPSA) is 53.1 Å². The Morgan fingerprint density at radius 3 is 2.56 bits per heavy atom. The van der Waals surface area contributed by atoms with Crippen LogP contribution in [-0.4, -0.2) is 31.1 Å². The molecule has 0 spiro atoms. The van der Waals surface area contributed by atoms with Gasteiger partial charge in [-0.15, -0.1) is 0 Å². The third kappa shape index (κ3) is 2.88. The van der Waals surface area contributed by atoms with Gasteiger partial charge in [0.05, 0.1) is 0 Å². The molecule has 1 aromatic heterocycles. The Bertz CT molecular complexity index is 524. The summed E-state index contributed by atoms with van der Waals surface area (Å²) in [5.74, 6) is 1.65. The second-order valence-corrected chi connectivity index (χ2v) is 4.11. The van der Waals surface area contributed by atoms with Crippen LogP contribution in [0.3, 0.4) is 0 Å². The summed E-state index contributed by atoms with van der Waals surface area (Å²) in [6, 6.07) is 9.93. The number of nitrogens with one attached hydrogen (secondary N) is 2. The zero-order valence-corrected chi connectivity index (χ0v) is 10.8. The Morgan fingerprint density at radius 1 is 1.06 bits per heavy atom. The predicted molar refractivity (Wildman–Crippen MR) is 75.6 cm³/mol. The molecule has 5 heteroatoms. The summed E-state index contributed by atoms with van der Waals surface area (Å²) in [6.45, 7) is 0. The van der Waals surface area contributed by atoms with Crippen LogP contribution < -0.4 is 15.5 Å². The SMILES string of the molecule is CNc1cccc(Nc2cc(N(C)C)ncn2)c1. The summed E-state index contributed by atoms with van der Waals surface area (Å²) < 4.78 is 0. The van der Waals surface area contributed by atoms with Crippen molar-refractivity contribution in [1.29, 1.82) is 0 Å². The normalized spacial score (nSPS) is 9.94. The van der Waals surface area contributed by atoms with Gasteiger partial charge in [-0.2, -0.15) is 0 Å². The van der Waals surface area contributed by atoms with Gasteiger partial charge in [0, 0.05) is 38.6 Å². The fourth-order valence-electron chi connectivity index (χ4n) is 1.56. The van der Waals surface area contributed by atoms with Crippen molar-refractivity contribution in [2.45, 2.75) is 0 Å². The Kier molecular flexibility index (Phi) is 3.62. The third-order valence-corrected chi connectivity index (χ3v) is 2.53. The van der Waals surface area contributed by atoms with Gasteiger partial charge in [0.2, 0.25) is 0 Å². The van der Waals surface area contributed by atoms with E-state index in [1.54, 1.807) is 6.33 Å². The summed E-state index contributed by atoms with van der Waals surface area (Å²) >= 11 is 0. The van der Waals surface area contributed by atoms with Crippen LogP contribution in [0.5, 0.6) is 0 Å². The van der Waals surface area contributed by atoms with Crippen molar-refractivity contribution in [2.75, 3.05) is 36.7 Å². The number of nitrogens with zero attached hydrogens (tertiary/aromatic N) is 3. The molecule has 0 unspecified atom stereocenters. The largest absolute Gasteiger partial charge is 0.388 e. The number of benzene rings is 1. The zero-order valence-electron chi connectivity index (χ0n) is 10.8. The van der Waals surface area contributed by atoms with E-state index in [4.69, 9.17) is 0 Å². The Morgan fingerprint density at radius 2 is 1.83 bits per heavy atom. The molecule has 2 aromatic rings. The van der Waals surface area contributed by atoms with Gasteiger partial charge in [-0.05, 0) is 18.2 Å². The van der Waals surface area contributed by atoms with Crippen molar-refractivity contribution < 1.29 is 0 Å². The molecule has 1 aromatic carbocycles. The smallest absolute Gasteiger partial charge is 0.135 e. The second kappa shape index (κ2) is 5.35. The van der Waals surface area contributed by atoms with Crippen LogP contribution in [0.2, 0.25) is 0 Å². The average molecular weight is 243 g/mol. The van der Waals surface area contributed by atoms with Gasteiger partial charge in [0.1, 0.15) is 18.0 Å². The zero-order chi connectivity index (χ0) is 13.0. The van der Waals surface area contributed by atoms with Crippen molar-refractivity contribution in [3.05, 3.63) is 36.7 Å². The lowest BCUT2D eigenvalue weighted by atomic mass is 10.3. The summed E-state index contributed by atoms with van der Waals surface area (Å²) in [4.78, 5) is 10.3. The molecule has 0 saturated carbocycles. The standard InChI is InChI=1S/C13H17N5/c1-14-10-5-4-6-11(7-10)17-12-8-13(18(2)3)16-9-15-12/h4-9,14H,1-3H3,(H,15,16,17). The van der Waals surface area contributed by atoms with Crippen molar-refractivity contribution in [3.8, 4) is 0 Å². The van der Waals surface area contributed by atoms with Crippen LogP contribution in [0.15, 0.2) is 36.7 Å². The summed E-state index contributed by atoms with van der Waals surface area (Å²) in [6.07, 6.45) is 1.56. The van der Waals surface area contributed by atoms with Crippen molar-refractivity contribution >= 4 is 23.0 Å². The highest BCUT2D eigenvalue weighted by molar-refractivity contribution is 5.63. The van der Waals surface area contributed by atoms with E-state index in [0.717, 1.165) is 23.0 Å². The van der Waals surface area contributed by atoms with E-state index in [2.05, 4.69) is 20.6 Å². The van der Waals surface area contributed by atoms with Crippen LogP contribution >= 0.6 is 0 Å². The van der Waals surface area contributed by atoms with E-state index >= 15 is 0 Å². The minimum absolute atomic E-state index is 0.780. The van der Waals surface area contributed by atoms with E-state index in [-0.39, 0.29) is 0 Å². The molecule has 18 heavy (non-hydrogen) atoms. The van der Waals surface area contributed by atoms with E-state index in [0.29, 0.717) is 0 Å². The maximum Gasteiger partial charge on any atom is 0.135 e. The van der Waals surface area contributed by atoms with Gasteiger partial charge < -0.3 is 15.5 Å². The van der Waals surface area contributed by atoms with Crippen LogP contribution in [-0.2, 0) is 0 Å². The number of rotatable bonds is 4. The molecule has 0 aliphatic carbocycles. The molecular formula is C13H17N5. The Labute approximate surface area is 107 Å². The summed E-state index contributed by atoms with van der Waals surface area (Å²) in [5, 5.41) is 6.36. The molecular weight excluding hydrogens is 226 g/mol.